The quantitative estimate of drug-likeness (QED) is 0.0713. The van der Waals surface area contributed by atoms with Crippen LogP contribution in [0, 0.1) is 11.8 Å². The van der Waals surface area contributed by atoms with Crippen molar-refractivity contribution in [3.8, 4) is 0 Å². The van der Waals surface area contributed by atoms with E-state index in [4.69, 9.17) is 10.9 Å². The van der Waals surface area contributed by atoms with Gasteiger partial charge in [0.05, 0.1) is 41.5 Å². The molecule has 6 N–H and O–H groups in total. The smallest absolute Gasteiger partial charge is 0.318 e. The topological polar surface area (TPSA) is 191 Å². The molecule has 1 heterocycles. The molecule has 0 bridgehead atoms. The monoisotopic (exact) mass is 755 g/mol. The zero-order chi connectivity index (χ0) is 37.8. The van der Waals surface area contributed by atoms with E-state index < -0.39 is 40.1 Å². The van der Waals surface area contributed by atoms with E-state index in [0.29, 0.717) is 17.7 Å². The van der Waals surface area contributed by atoms with E-state index in [0.717, 1.165) is 36.3 Å². The Balaban J connectivity index is 1.56. The Labute approximate surface area is 311 Å². The first-order valence-electron chi connectivity index (χ1n) is 17.8. The first-order chi connectivity index (χ1) is 24.8. The number of carbonyl (C=O) groups excluding carboxylic acids is 2. The van der Waals surface area contributed by atoms with Gasteiger partial charge >= 0.3 is 6.03 Å². The molecule has 4 rings (SSSR count). The number of benzene rings is 2. The van der Waals surface area contributed by atoms with Gasteiger partial charge in [-0.3, -0.25) is 4.79 Å². The van der Waals surface area contributed by atoms with Gasteiger partial charge in [-0.1, -0.05) is 80.7 Å². The lowest BCUT2D eigenvalue weighted by molar-refractivity contribution is -0.125. The zero-order valence-corrected chi connectivity index (χ0v) is 32.0. The highest BCUT2D eigenvalue weighted by Gasteiger charge is 2.35. The highest BCUT2D eigenvalue weighted by Crippen LogP contribution is 2.28. The minimum absolute atomic E-state index is 0.0477. The van der Waals surface area contributed by atoms with E-state index in [9.17, 15) is 23.1 Å². The fraction of sp³-hybridized carbons (Fsp3) is 0.514. The molecule has 2 aromatic carbocycles. The van der Waals surface area contributed by atoms with Gasteiger partial charge in [-0.05, 0) is 61.3 Å². The Morgan fingerprint density at radius 2 is 1.77 bits per heavy atom. The summed E-state index contributed by atoms with van der Waals surface area (Å²) in [4.78, 5) is 33.5. The second kappa shape index (κ2) is 19.3. The van der Waals surface area contributed by atoms with Crippen LogP contribution in [0.3, 0.4) is 0 Å². The summed E-state index contributed by atoms with van der Waals surface area (Å²) in [5.74, 6) is -0.592. The molecule has 52 heavy (non-hydrogen) atoms. The van der Waals surface area contributed by atoms with Crippen LogP contribution in [0.5, 0.6) is 0 Å². The second-order valence-corrected chi connectivity index (χ2v) is 16.6. The van der Waals surface area contributed by atoms with E-state index in [1.54, 1.807) is 19.2 Å². The summed E-state index contributed by atoms with van der Waals surface area (Å²) >= 11 is 1.43. The van der Waals surface area contributed by atoms with Gasteiger partial charge in [0.2, 0.25) is 15.9 Å². The van der Waals surface area contributed by atoms with Gasteiger partial charge in [-0.25, -0.2) is 18.2 Å². The molecule has 1 aromatic heterocycles. The molecular formula is C37H53N7O6S2. The fourth-order valence-electron chi connectivity index (χ4n) is 6.32. The predicted octanol–water partition coefficient (Wildman–Crippen LogP) is 4.50. The average molecular weight is 756 g/mol. The summed E-state index contributed by atoms with van der Waals surface area (Å²) in [5.41, 5.74) is 8.02. The SMILES string of the molecule is CC[C@H](C)[C@H](NC(=O)N(C)Cc1csc([C@H](C)N)n1)C(=O)N[C@@H](Cc1ccccc1)[C@H](O)CN(CC1CCCC1)S(=O)(=O)c1ccc(C=NO)cc1. The van der Waals surface area contributed by atoms with Crippen molar-refractivity contribution in [3.05, 3.63) is 81.8 Å². The third kappa shape index (κ3) is 11.3. The maximum atomic E-state index is 14.1. The maximum Gasteiger partial charge on any atom is 0.318 e. The van der Waals surface area contributed by atoms with Crippen LogP contribution >= 0.6 is 11.3 Å². The maximum absolute atomic E-state index is 14.1. The van der Waals surface area contributed by atoms with Crippen molar-refractivity contribution < 1.29 is 28.3 Å². The summed E-state index contributed by atoms with van der Waals surface area (Å²) in [6.07, 6.45) is 4.54. The van der Waals surface area contributed by atoms with Crippen LogP contribution in [0.1, 0.15) is 80.7 Å². The van der Waals surface area contributed by atoms with Gasteiger partial charge in [0.1, 0.15) is 11.0 Å². The number of hydrogen-bond donors (Lipinski definition) is 5. The number of thiazole rings is 1. The molecule has 0 spiro atoms. The van der Waals surface area contributed by atoms with Crippen LogP contribution in [-0.4, -0.2) is 89.4 Å². The number of carbonyl (C=O) groups is 2. The lowest BCUT2D eigenvalue weighted by Gasteiger charge is -2.33. The number of nitrogens with zero attached hydrogens (tertiary/aromatic N) is 4. The third-order valence-corrected chi connectivity index (χ3v) is 12.6. The number of rotatable bonds is 18. The Morgan fingerprint density at radius 3 is 2.37 bits per heavy atom. The Kier molecular flexibility index (Phi) is 15.1. The van der Waals surface area contributed by atoms with Crippen LogP contribution in [0.4, 0.5) is 4.79 Å². The molecule has 1 aliphatic carbocycles. The molecule has 1 aliphatic rings. The van der Waals surface area contributed by atoms with Crippen LogP contribution in [0.25, 0.3) is 0 Å². The standard InChI is InChI=1S/C37H53N7O6S2/c1-5-25(2)34(42-37(47)43(4)22-30-24-51-36(40-30)26(3)38)35(46)41-32(19-27-11-7-6-8-12-27)33(45)23-44(21-29-13-9-10-14-29)52(49,50)31-17-15-28(16-18-31)20-39-48/h6-8,11-12,15-18,20,24-26,29,32-34,45,48H,5,9-10,13-14,19,21-23,38H2,1-4H3,(H,41,46)(H,42,47)/t25-,26-,32-,33+,34-/m0/s1. The van der Waals surface area contributed by atoms with Gasteiger partial charge in [0.25, 0.3) is 0 Å². The number of nitrogens with two attached hydrogens (primary N) is 1. The van der Waals surface area contributed by atoms with Gasteiger partial charge in [0, 0.05) is 25.5 Å². The third-order valence-electron chi connectivity index (χ3n) is 9.62. The van der Waals surface area contributed by atoms with E-state index >= 15 is 0 Å². The lowest BCUT2D eigenvalue weighted by atomic mass is 9.96. The lowest BCUT2D eigenvalue weighted by Crippen LogP contribution is -2.58. The number of nitrogens with one attached hydrogen (secondary N) is 2. The molecule has 3 amide bonds. The number of sulfonamides is 1. The molecule has 0 saturated heterocycles. The molecule has 0 radical (unpaired) electrons. The molecule has 13 nitrogen and oxygen atoms in total. The van der Waals surface area contributed by atoms with E-state index in [1.165, 1.54) is 38.9 Å². The number of amides is 3. The summed E-state index contributed by atoms with van der Waals surface area (Å²) < 4.78 is 29.5. The highest BCUT2D eigenvalue weighted by molar-refractivity contribution is 7.89. The Hall–Kier alpha value is -3.89. The number of urea groups is 1. The van der Waals surface area contributed by atoms with Gasteiger partial charge in [-0.15, -0.1) is 11.3 Å². The minimum Gasteiger partial charge on any atom is -0.411 e. The Bertz CT molecular complexity index is 1710. The number of aromatic nitrogens is 1. The summed E-state index contributed by atoms with van der Waals surface area (Å²) in [6, 6.07) is 12.9. The van der Waals surface area contributed by atoms with E-state index in [2.05, 4.69) is 20.8 Å². The van der Waals surface area contributed by atoms with Crippen LogP contribution in [0.2, 0.25) is 0 Å². The van der Waals surface area contributed by atoms with Crippen molar-refractivity contribution >= 4 is 39.5 Å². The summed E-state index contributed by atoms with van der Waals surface area (Å²) in [6.45, 7) is 5.84. The summed E-state index contributed by atoms with van der Waals surface area (Å²) in [5, 5.41) is 32.3. The van der Waals surface area contributed by atoms with Crippen molar-refractivity contribution in [2.75, 3.05) is 20.1 Å². The zero-order valence-electron chi connectivity index (χ0n) is 30.4. The first-order valence-corrected chi connectivity index (χ1v) is 20.2. The predicted molar refractivity (Wildman–Crippen MR) is 203 cm³/mol. The van der Waals surface area contributed by atoms with Crippen LogP contribution < -0.4 is 16.4 Å². The molecule has 1 saturated carbocycles. The fourth-order valence-corrected chi connectivity index (χ4v) is 8.62. The number of aliphatic hydroxyl groups excluding tert-OH is 1. The normalized spacial score (nSPS) is 16.8. The molecule has 15 heteroatoms. The van der Waals surface area contributed by atoms with Crippen LogP contribution in [0.15, 0.2) is 70.0 Å². The second-order valence-electron chi connectivity index (χ2n) is 13.8. The number of oxime groups is 1. The molecule has 3 aromatic rings. The highest BCUT2D eigenvalue weighted by atomic mass is 32.2. The molecule has 5 atom stereocenters. The number of hydrogen-bond acceptors (Lipinski definition) is 10. The van der Waals surface area contributed by atoms with Crippen molar-refractivity contribution in [3.63, 3.8) is 0 Å². The molecule has 0 unspecified atom stereocenters. The van der Waals surface area contributed by atoms with Crippen molar-refractivity contribution in [2.45, 2.75) is 95.0 Å². The number of aliphatic hydroxyl groups is 1. The molecule has 1 fully saturated rings. The minimum atomic E-state index is -4.06. The van der Waals surface area contributed by atoms with E-state index in [-0.39, 0.29) is 48.8 Å². The van der Waals surface area contributed by atoms with Gasteiger partial charge < -0.3 is 31.6 Å². The van der Waals surface area contributed by atoms with Crippen molar-refractivity contribution in [1.29, 1.82) is 0 Å². The van der Waals surface area contributed by atoms with E-state index in [1.807, 2.05) is 56.5 Å². The van der Waals surface area contributed by atoms with Gasteiger partial charge in [0.15, 0.2) is 0 Å². The van der Waals surface area contributed by atoms with Gasteiger partial charge in [-0.2, -0.15) is 4.31 Å². The first kappa shape index (κ1) is 40.9. The van der Waals surface area contributed by atoms with Crippen molar-refractivity contribution in [2.24, 2.45) is 22.7 Å². The summed E-state index contributed by atoms with van der Waals surface area (Å²) in [7, 11) is -2.43. The average Bonchev–Trinajstić information content (AvgIpc) is 3.83. The Morgan fingerprint density at radius 1 is 1.10 bits per heavy atom. The molecule has 0 aliphatic heterocycles. The molecule has 284 valence electrons. The van der Waals surface area contributed by atoms with Crippen molar-refractivity contribution in [1.82, 2.24) is 24.8 Å². The molecular weight excluding hydrogens is 703 g/mol. The van der Waals surface area contributed by atoms with Crippen LogP contribution in [-0.2, 0) is 27.8 Å². The largest absolute Gasteiger partial charge is 0.411 e.